The van der Waals surface area contributed by atoms with Gasteiger partial charge in [-0.15, -0.1) is 0 Å². The van der Waals surface area contributed by atoms with Crippen molar-refractivity contribution in [2.75, 3.05) is 13.1 Å². The molecule has 0 saturated carbocycles. The first kappa shape index (κ1) is 14.6. The molecule has 0 aliphatic heterocycles. The Morgan fingerprint density at radius 2 is 1.89 bits per heavy atom. The van der Waals surface area contributed by atoms with Crippen molar-refractivity contribution in [2.45, 2.75) is 18.7 Å². The van der Waals surface area contributed by atoms with E-state index < -0.39 is 21.7 Å². The zero-order valence-electron chi connectivity index (χ0n) is 10.2. The molecule has 1 aromatic rings. The summed E-state index contributed by atoms with van der Waals surface area (Å²) in [5.74, 6) is -1.23. The maximum Gasteiger partial charge on any atom is 0.255 e. The number of sulfonamides is 1. The maximum atomic E-state index is 13.2. The van der Waals surface area contributed by atoms with Gasteiger partial charge in [0.15, 0.2) is 0 Å². The van der Waals surface area contributed by atoms with E-state index in [0.717, 1.165) is 18.2 Å². The molecule has 1 amide bonds. The summed E-state index contributed by atoms with van der Waals surface area (Å²) in [6, 6.07) is 2.85. The van der Waals surface area contributed by atoms with E-state index in [0.29, 0.717) is 13.1 Å². The molecule has 0 fully saturated rings. The average molecular weight is 274 g/mol. The number of hydrogen-bond donors (Lipinski definition) is 1. The Kier molecular flexibility index (Phi) is 4.42. The van der Waals surface area contributed by atoms with Crippen molar-refractivity contribution in [3.05, 3.63) is 29.6 Å². The fraction of sp³-hybridized carbons (Fsp3) is 0.364. The highest BCUT2D eigenvalue weighted by Gasteiger charge is 2.22. The summed E-state index contributed by atoms with van der Waals surface area (Å²) in [5.41, 5.74) is -0.235. The van der Waals surface area contributed by atoms with Gasteiger partial charge in [0.25, 0.3) is 5.91 Å². The van der Waals surface area contributed by atoms with Crippen molar-refractivity contribution in [2.24, 2.45) is 5.14 Å². The van der Waals surface area contributed by atoms with Gasteiger partial charge in [-0.3, -0.25) is 4.79 Å². The second-order valence-electron chi connectivity index (χ2n) is 3.66. The number of nitrogens with zero attached hydrogens (tertiary/aromatic N) is 1. The van der Waals surface area contributed by atoms with E-state index in [1.165, 1.54) is 4.90 Å². The summed E-state index contributed by atoms with van der Waals surface area (Å²) in [7, 11) is -4.06. The third kappa shape index (κ3) is 3.05. The van der Waals surface area contributed by atoms with Crippen LogP contribution >= 0.6 is 0 Å². The van der Waals surface area contributed by atoms with Crippen molar-refractivity contribution in [3.8, 4) is 0 Å². The number of carbonyl (C=O) groups excluding carboxylic acids is 1. The van der Waals surface area contributed by atoms with Crippen molar-refractivity contribution < 1.29 is 17.6 Å². The van der Waals surface area contributed by atoms with Gasteiger partial charge in [0.1, 0.15) is 5.82 Å². The molecule has 0 heterocycles. The molecule has 0 atom stereocenters. The molecule has 0 aliphatic carbocycles. The van der Waals surface area contributed by atoms with Crippen LogP contribution in [0, 0.1) is 5.82 Å². The minimum Gasteiger partial charge on any atom is -0.339 e. The molecule has 7 heteroatoms. The molecule has 0 aromatic heterocycles. The lowest BCUT2D eigenvalue weighted by atomic mass is 10.2. The van der Waals surface area contributed by atoms with Crippen LogP contribution in [0.25, 0.3) is 0 Å². The smallest absolute Gasteiger partial charge is 0.255 e. The Bertz CT molecular complexity index is 553. The highest BCUT2D eigenvalue weighted by atomic mass is 32.2. The molecule has 0 spiro atoms. The van der Waals surface area contributed by atoms with E-state index in [9.17, 15) is 17.6 Å². The number of halogens is 1. The van der Waals surface area contributed by atoms with E-state index in [1.807, 2.05) is 0 Å². The van der Waals surface area contributed by atoms with Crippen LogP contribution in [0.4, 0.5) is 4.39 Å². The Morgan fingerprint density at radius 1 is 1.33 bits per heavy atom. The summed E-state index contributed by atoms with van der Waals surface area (Å²) < 4.78 is 35.9. The lowest BCUT2D eigenvalue weighted by Gasteiger charge is -2.19. The first-order valence-corrected chi connectivity index (χ1v) is 6.97. The summed E-state index contributed by atoms with van der Waals surface area (Å²) in [6.07, 6.45) is 0. The Morgan fingerprint density at radius 3 is 2.33 bits per heavy atom. The van der Waals surface area contributed by atoms with Crippen LogP contribution in [0.3, 0.4) is 0 Å². The number of hydrogen-bond acceptors (Lipinski definition) is 3. The van der Waals surface area contributed by atoms with Crippen molar-refractivity contribution in [3.63, 3.8) is 0 Å². The molecular formula is C11H15FN2O3S. The standard InChI is InChI=1S/C11H15FN2O3S/c1-3-14(4-2)11(15)9-7-8(12)5-6-10(9)18(13,16)17/h5-7H,3-4H2,1-2H3,(H2,13,16,17). The normalized spacial score (nSPS) is 11.3. The largest absolute Gasteiger partial charge is 0.339 e. The van der Waals surface area contributed by atoms with Gasteiger partial charge in [-0.2, -0.15) is 0 Å². The lowest BCUT2D eigenvalue weighted by Crippen LogP contribution is -2.32. The molecule has 0 aliphatic rings. The molecule has 1 rings (SSSR count). The number of rotatable bonds is 4. The van der Waals surface area contributed by atoms with Crippen molar-refractivity contribution >= 4 is 15.9 Å². The van der Waals surface area contributed by atoms with Crippen LogP contribution in [0.5, 0.6) is 0 Å². The quantitative estimate of drug-likeness (QED) is 0.887. The van der Waals surface area contributed by atoms with Crippen molar-refractivity contribution in [1.82, 2.24) is 4.90 Å². The topological polar surface area (TPSA) is 80.5 Å². The number of carbonyl (C=O) groups is 1. The highest BCUT2D eigenvalue weighted by Crippen LogP contribution is 2.17. The molecule has 0 unspecified atom stereocenters. The zero-order valence-corrected chi connectivity index (χ0v) is 11.0. The molecule has 0 bridgehead atoms. The van der Waals surface area contributed by atoms with E-state index in [2.05, 4.69) is 0 Å². The Labute approximate surface area is 105 Å². The van der Waals surface area contributed by atoms with Gasteiger partial charge in [0.05, 0.1) is 10.5 Å². The number of nitrogens with two attached hydrogens (primary N) is 1. The molecule has 18 heavy (non-hydrogen) atoms. The fourth-order valence-electron chi connectivity index (χ4n) is 1.60. The van der Waals surface area contributed by atoms with Crippen LogP contribution in [-0.4, -0.2) is 32.3 Å². The zero-order chi connectivity index (χ0) is 13.9. The molecule has 5 nitrogen and oxygen atoms in total. The molecule has 0 saturated heterocycles. The second-order valence-corrected chi connectivity index (χ2v) is 5.19. The monoisotopic (exact) mass is 274 g/mol. The van der Waals surface area contributed by atoms with E-state index in [-0.39, 0.29) is 10.5 Å². The maximum absolute atomic E-state index is 13.2. The first-order chi connectivity index (χ1) is 8.31. The van der Waals surface area contributed by atoms with Crippen LogP contribution < -0.4 is 5.14 Å². The molecule has 0 radical (unpaired) electrons. The summed E-state index contributed by atoms with van der Waals surface area (Å²) in [4.78, 5) is 13.1. The Hall–Kier alpha value is -1.47. The number of primary sulfonamides is 1. The number of benzene rings is 1. The average Bonchev–Trinajstić information content (AvgIpc) is 2.28. The van der Waals surface area contributed by atoms with Gasteiger partial charge in [0, 0.05) is 13.1 Å². The molecule has 100 valence electrons. The van der Waals surface area contributed by atoms with Gasteiger partial charge in [-0.1, -0.05) is 0 Å². The third-order valence-electron chi connectivity index (χ3n) is 2.53. The summed E-state index contributed by atoms with van der Waals surface area (Å²) in [5, 5.41) is 5.01. The van der Waals surface area contributed by atoms with Crippen LogP contribution in [-0.2, 0) is 10.0 Å². The van der Waals surface area contributed by atoms with Crippen LogP contribution in [0.15, 0.2) is 23.1 Å². The minimum absolute atomic E-state index is 0.235. The van der Waals surface area contributed by atoms with Gasteiger partial charge in [0.2, 0.25) is 10.0 Å². The third-order valence-corrected chi connectivity index (χ3v) is 3.50. The minimum atomic E-state index is -4.06. The Balaban J connectivity index is 3.39. The predicted molar refractivity (Wildman–Crippen MR) is 65.0 cm³/mol. The molecular weight excluding hydrogens is 259 g/mol. The fourth-order valence-corrected chi connectivity index (χ4v) is 2.31. The van der Waals surface area contributed by atoms with Gasteiger partial charge in [-0.25, -0.2) is 17.9 Å². The van der Waals surface area contributed by atoms with Gasteiger partial charge >= 0.3 is 0 Å². The van der Waals surface area contributed by atoms with E-state index in [4.69, 9.17) is 5.14 Å². The van der Waals surface area contributed by atoms with Gasteiger partial charge in [-0.05, 0) is 32.0 Å². The lowest BCUT2D eigenvalue weighted by molar-refractivity contribution is 0.0768. The van der Waals surface area contributed by atoms with E-state index in [1.54, 1.807) is 13.8 Å². The summed E-state index contributed by atoms with van der Waals surface area (Å²) >= 11 is 0. The number of amides is 1. The molecule has 2 N–H and O–H groups in total. The molecule has 1 aromatic carbocycles. The first-order valence-electron chi connectivity index (χ1n) is 5.42. The van der Waals surface area contributed by atoms with Gasteiger partial charge < -0.3 is 4.90 Å². The van der Waals surface area contributed by atoms with Crippen LogP contribution in [0.2, 0.25) is 0 Å². The summed E-state index contributed by atoms with van der Waals surface area (Å²) in [6.45, 7) is 4.29. The van der Waals surface area contributed by atoms with E-state index >= 15 is 0 Å². The van der Waals surface area contributed by atoms with Crippen molar-refractivity contribution in [1.29, 1.82) is 0 Å². The van der Waals surface area contributed by atoms with Crippen LogP contribution in [0.1, 0.15) is 24.2 Å². The SMILES string of the molecule is CCN(CC)C(=O)c1cc(F)ccc1S(N)(=O)=O. The predicted octanol–water partition coefficient (Wildman–Crippen LogP) is 0.955. The second kappa shape index (κ2) is 5.45. The highest BCUT2D eigenvalue weighted by molar-refractivity contribution is 7.89.